The van der Waals surface area contributed by atoms with E-state index < -0.39 is 9.84 Å². The fraction of sp³-hybridized carbons (Fsp3) is 0.588. The number of anilines is 1. The highest BCUT2D eigenvalue weighted by Crippen LogP contribution is 2.14. The first-order valence-corrected chi connectivity index (χ1v) is 10.3. The molecular formula is C17H29IN4O2S. The van der Waals surface area contributed by atoms with Crippen LogP contribution in [0.3, 0.4) is 0 Å². The molecule has 1 saturated heterocycles. The summed E-state index contributed by atoms with van der Waals surface area (Å²) in [5.41, 5.74) is 1.15. The van der Waals surface area contributed by atoms with E-state index >= 15 is 0 Å². The number of rotatable bonds is 6. The maximum absolute atomic E-state index is 11.6. The van der Waals surface area contributed by atoms with Crippen LogP contribution in [0, 0.1) is 0 Å². The molecule has 1 fully saturated rings. The van der Waals surface area contributed by atoms with Gasteiger partial charge >= 0.3 is 0 Å². The van der Waals surface area contributed by atoms with Crippen molar-refractivity contribution in [2.45, 2.75) is 32.4 Å². The molecule has 1 aliphatic heterocycles. The Labute approximate surface area is 168 Å². The van der Waals surface area contributed by atoms with E-state index in [-0.39, 0.29) is 47.6 Å². The Kier molecular flexibility index (Phi) is 8.98. The maximum atomic E-state index is 11.6. The lowest BCUT2D eigenvalue weighted by atomic mass is 10.2. The van der Waals surface area contributed by atoms with Gasteiger partial charge in [0.1, 0.15) is 0 Å². The summed E-state index contributed by atoms with van der Waals surface area (Å²) in [6.45, 7) is 5.50. The number of sulfone groups is 1. The van der Waals surface area contributed by atoms with Crippen LogP contribution in [0.5, 0.6) is 0 Å². The molecule has 0 spiro atoms. The van der Waals surface area contributed by atoms with Crippen molar-refractivity contribution in [3.05, 3.63) is 30.3 Å². The molecule has 1 heterocycles. The number of hydrogen-bond donors (Lipinski definition) is 2. The SMILES string of the molecule is CCNC(=NCC(C)N(C)c1ccccc1)NC1CCS(=O)(=O)C1.I. The molecule has 0 saturated carbocycles. The molecule has 6 nitrogen and oxygen atoms in total. The Morgan fingerprint density at radius 3 is 2.60 bits per heavy atom. The van der Waals surface area contributed by atoms with Gasteiger partial charge in [0.25, 0.3) is 0 Å². The van der Waals surface area contributed by atoms with E-state index in [0.29, 0.717) is 18.9 Å². The standard InChI is InChI=1S/C17H28N4O2S.HI/c1-4-18-17(20-15-10-11-24(22,23)13-15)19-12-14(2)21(3)16-8-6-5-7-9-16;/h5-9,14-15H,4,10-13H2,1-3H3,(H2,18,19,20);1H. The summed E-state index contributed by atoms with van der Waals surface area (Å²) in [6.07, 6.45) is 0.645. The highest BCUT2D eigenvalue weighted by Gasteiger charge is 2.28. The molecule has 1 aromatic carbocycles. The van der Waals surface area contributed by atoms with Gasteiger partial charge in [-0.15, -0.1) is 24.0 Å². The van der Waals surface area contributed by atoms with E-state index in [0.717, 1.165) is 12.2 Å². The fourth-order valence-corrected chi connectivity index (χ4v) is 4.36. The molecule has 0 aromatic heterocycles. The summed E-state index contributed by atoms with van der Waals surface area (Å²) >= 11 is 0. The smallest absolute Gasteiger partial charge is 0.191 e. The normalized spacial score (nSPS) is 20.4. The number of likely N-dealkylation sites (N-methyl/N-ethyl adjacent to an activating group) is 1. The molecule has 1 aliphatic rings. The van der Waals surface area contributed by atoms with E-state index in [4.69, 9.17) is 0 Å². The maximum Gasteiger partial charge on any atom is 0.191 e. The van der Waals surface area contributed by atoms with E-state index in [9.17, 15) is 8.42 Å². The summed E-state index contributed by atoms with van der Waals surface area (Å²) in [5, 5.41) is 6.44. The van der Waals surface area contributed by atoms with E-state index in [1.54, 1.807) is 0 Å². The minimum absolute atomic E-state index is 0. The molecule has 0 radical (unpaired) electrons. The van der Waals surface area contributed by atoms with Crippen molar-refractivity contribution in [1.82, 2.24) is 10.6 Å². The Bertz CT molecular complexity index is 652. The highest BCUT2D eigenvalue weighted by atomic mass is 127. The molecule has 142 valence electrons. The number of guanidine groups is 1. The number of para-hydroxylation sites is 1. The Morgan fingerprint density at radius 1 is 1.36 bits per heavy atom. The van der Waals surface area contributed by atoms with Crippen molar-refractivity contribution in [1.29, 1.82) is 0 Å². The number of hydrogen-bond acceptors (Lipinski definition) is 4. The molecule has 2 rings (SSSR count). The second-order valence-electron chi connectivity index (χ2n) is 6.26. The first-order valence-electron chi connectivity index (χ1n) is 8.44. The number of halogens is 1. The minimum atomic E-state index is -2.89. The van der Waals surface area contributed by atoms with E-state index in [1.807, 2.05) is 25.1 Å². The van der Waals surface area contributed by atoms with Gasteiger partial charge in [0.2, 0.25) is 0 Å². The third kappa shape index (κ3) is 7.01. The second-order valence-corrected chi connectivity index (χ2v) is 8.49. The van der Waals surface area contributed by atoms with Gasteiger partial charge in [-0.05, 0) is 32.4 Å². The topological polar surface area (TPSA) is 73.8 Å². The van der Waals surface area contributed by atoms with Gasteiger partial charge in [-0.25, -0.2) is 8.42 Å². The molecule has 0 aliphatic carbocycles. The summed E-state index contributed by atoms with van der Waals surface area (Å²) in [6, 6.07) is 10.4. The lowest BCUT2D eigenvalue weighted by Gasteiger charge is -2.26. The van der Waals surface area contributed by atoms with Crippen LogP contribution in [-0.4, -0.2) is 58.1 Å². The van der Waals surface area contributed by atoms with Gasteiger partial charge in [-0.1, -0.05) is 18.2 Å². The lowest BCUT2D eigenvalue weighted by molar-refractivity contribution is 0.599. The van der Waals surface area contributed by atoms with Crippen molar-refractivity contribution >= 4 is 45.5 Å². The molecule has 0 bridgehead atoms. The molecule has 2 unspecified atom stereocenters. The zero-order chi connectivity index (χ0) is 17.6. The zero-order valence-corrected chi connectivity index (χ0v) is 18.3. The quantitative estimate of drug-likeness (QED) is 0.370. The summed E-state index contributed by atoms with van der Waals surface area (Å²) in [5.74, 6) is 1.14. The molecule has 8 heteroatoms. The van der Waals surface area contributed by atoms with Gasteiger partial charge in [-0.2, -0.15) is 0 Å². The molecular weight excluding hydrogens is 451 g/mol. The molecule has 25 heavy (non-hydrogen) atoms. The summed E-state index contributed by atoms with van der Waals surface area (Å²) < 4.78 is 23.2. The number of nitrogens with zero attached hydrogens (tertiary/aromatic N) is 2. The van der Waals surface area contributed by atoms with Crippen molar-refractivity contribution in [2.24, 2.45) is 4.99 Å². The van der Waals surface area contributed by atoms with Crippen molar-refractivity contribution in [2.75, 3.05) is 36.5 Å². The lowest BCUT2D eigenvalue weighted by Crippen LogP contribution is -2.44. The van der Waals surface area contributed by atoms with Crippen LogP contribution in [0.4, 0.5) is 5.69 Å². The Balaban J connectivity index is 0.00000312. The van der Waals surface area contributed by atoms with Gasteiger partial charge in [0, 0.05) is 31.4 Å². The van der Waals surface area contributed by atoms with Crippen LogP contribution in [-0.2, 0) is 9.84 Å². The van der Waals surface area contributed by atoms with E-state index in [1.165, 1.54) is 0 Å². The predicted molar refractivity (Wildman–Crippen MR) is 116 cm³/mol. The Hall–Kier alpha value is -1.03. The van der Waals surface area contributed by atoms with Crippen molar-refractivity contribution in [3.8, 4) is 0 Å². The third-order valence-corrected chi connectivity index (χ3v) is 6.02. The monoisotopic (exact) mass is 480 g/mol. The third-order valence-electron chi connectivity index (χ3n) is 4.26. The van der Waals surface area contributed by atoms with Gasteiger partial charge in [0.05, 0.1) is 18.1 Å². The van der Waals surface area contributed by atoms with Crippen LogP contribution < -0.4 is 15.5 Å². The highest BCUT2D eigenvalue weighted by molar-refractivity contribution is 14.0. The van der Waals surface area contributed by atoms with Crippen molar-refractivity contribution < 1.29 is 8.42 Å². The predicted octanol–water partition coefficient (Wildman–Crippen LogP) is 1.87. The van der Waals surface area contributed by atoms with E-state index in [2.05, 4.69) is 46.6 Å². The molecule has 2 N–H and O–H groups in total. The van der Waals surface area contributed by atoms with Crippen molar-refractivity contribution in [3.63, 3.8) is 0 Å². The fourth-order valence-electron chi connectivity index (χ4n) is 2.69. The largest absolute Gasteiger partial charge is 0.370 e. The average molecular weight is 480 g/mol. The first kappa shape index (κ1) is 22.0. The summed E-state index contributed by atoms with van der Waals surface area (Å²) in [4.78, 5) is 6.82. The van der Waals surface area contributed by atoms with Crippen LogP contribution in [0.1, 0.15) is 20.3 Å². The number of nitrogens with one attached hydrogen (secondary N) is 2. The second kappa shape index (κ2) is 10.2. The summed E-state index contributed by atoms with van der Waals surface area (Å²) in [7, 11) is -0.835. The average Bonchev–Trinajstić information content (AvgIpc) is 2.91. The molecule has 2 atom stereocenters. The molecule has 1 aromatic rings. The zero-order valence-electron chi connectivity index (χ0n) is 15.1. The number of benzene rings is 1. The minimum Gasteiger partial charge on any atom is -0.370 e. The number of aliphatic imine (C=N–C) groups is 1. The van der Waals surface area contributed by atoms with Gasteiger partial charge < -0.3 is 15.5 Å². The van der Waals surface area contributed by atoms with Crippen LogP contribution >= 0.6 is 24.0 Å². The van der Waals surface area contributed by atoms with Crippen LogP contribution in [0.15, 0.2) is 35.3 Å². The van der Waals surface area contributed by atoms with Gasteiger partial charge in [0.15, 0.2) is 15.8 Å². The van der Waals surface area contributed by atoms with Crippen LogP contribution in [0.25, 0.3) is 0 Å². The Morgan fingerprint density at radius 2 is 2.04 bits per heavy atom. The van der Waals surface area contributed by atoms with Crippen LogP contribution in [0.2, 0.25) is 0 Å². The first-order chi connectivity index (χ1) is 11.4. The molecule has 0 amide bonds. The van der Waals surface area contributed by atoms with Gasteiger partial charge in [-0.3, -0.25) is 4.99 Å².